The topological polar surface area (TPSA) is 9.86 Å². The minimum absolute atomic E-state index is 1.16. The molecule has 8 aromatic carbocycles. The predicted octanol–water partition coefficient (Wildman–Crippen LogP) is 11.9. The van der Waals surface area contributed by atoms with Crippen molar-refractivity contribution >= 4 is 65.2 Å². The number of aromatic nitrogens is 2. The van der Waals surface area contributed by atoms with Crippen LogP contribution in [0.4, 0.5) is 0 Å². The summed E-state index contributed by atoms with van der Waals surface area (Å²) in [4.78, 5) is 0. The highest BCUT2D eigenvalue weighted by Gasteiger charge is 2.20. The molecule has 2 heteroatoms. The van der Waals surface area contributed by atoms with Gasteiger partial charge in [-0.15, -0.1) is 0 Å². The zero-order valence-electron chi connectivity index (χ0n) is 25.1. The van der Waals surface area contributed by atoms with E-state index in [0.717, 1.165) is 5.69 Å². The van der Waals surface area contributed by atoms with Crippen molar-refractivity contribution in [1.29, 1.82) is 0 Å². The van der Waals surface area contributed by atoms with Gasteiger partial charge in [-0.25, -0.2) is 0 Å². The van der Waals surface area contributed by atoms with E-state index < -0.39 is 0 Å². The van der Waals surface area contributed by atoms with Crippen LogP contribution in [0.3, 0.4) is 0 Å². The molecule has 0 saturated carbocycles. The number of hydrogen-bond donors (Lipinski definition) is 0. The maximum Gasteiger partial charge on any atom is 0.0562 e. The van der Waals surface area contributed by atoms with E-state index in [1.807, 2.05) is 0 Å². The monoisotopic (exact) mass is 584 g/mol. The molecule has 0 aliphatic rings. The lowest BCUT2D eigenvalue weighted by molar-refractivity contribution is 1.17. The Morgan fingerprint density at radius 2 is 0.870 bits per heavy atom. The van der Waals surface area contributed by atoms with Crippen molar-refractivity contribution in [2.24, 2.45) is 0 Å². The van der Waals surface area contributed by atoms with Crippen molar-refractivity contribution in [1.82, 2.24) is 9.13 Å². The van der Waals surface area contributed by atoms with Crippen LogP contribution in [0.15, 0.2) is 170 Å². The average Bonchev–Trinajstić information content (AvgIpc) is 3.61. The van der Waals surface area contributed by atoms with Crippen LogP contribution in [0.1, 0.15) is 0 Å². The van der Waals surface area contributed by atoms with Gasteiger partial charge in [-0.05, 0) is 75.8 Å². The molecule has 0 spiro atoms. The van der Waals surface area contributed by atoms with Gasteiger partial charge in [0.15, 0.2) is 0 Å². The van der Waals surface area contributed by atoms with Crippen molar-refractivity contribution in [3.63, 3.8) is 0 Å². The predicted molar refractivity (Wildman–Crippen MR) is 196 cm³/mol. The second kappa shape index (κ2) is 9.69. The zero-order valence-corrected chi connectivity index (χ0v) is 25.1. The van der Waals surface area contributed by atoms with Crippen LogP contribution in [0.25, 0.3) is 87.7 Å². The molecule has 0 aliphatic carbocycles. The van der Waals surface area contributed by atoms with Gasteiger partial charge in [-0.1, -0.05) is 121 Å². The summed E-state index contributed by atoms with van der Waals surface area (Å²) in [6.07, 6.45) is 0. The summed E-state index contributed by atoms with van der Waals surface area (Å²) < 4.78 is 4.92. The van der Waals surface area contributed by atoms with E-state index in [-0.39, 0.29) is 0 Å². The van der Waals surface area contributed by atoms with Crippen LogP contribution in [0, 0.1) is 0 Å². The lowest BCUT2D eigenvalue weighted by Gasteiger charge is -2.15. The second-order valence-corrected chi connectivity index (χ2v) is 12.2. The van der Waals surface area contributed by atoms with Crippen molar-refractivity contribution in [2.45, 2.75) is 0 Å². The Kier molecular flexibility index (Phi) is 5.31. The van der Waals surface area contributed by atoms with E-state index >= 15 is 0 Å². The number of rotatable bonds is 3. The molecule has 0 radical (unpaired) electrons. The third-order valence-corrected chi connectivity index (χ3v) is 9.67. The van der Waals surface area contributed by atoms with Crippen LogP contribution in [-0.4, -0.2) is 9.13 Å². The third-order valence-electron chi connectivity index (χ3n) is 9.67. The minimum atomic E-state index is 1.16. The van der Waals surface area contributed by atoms with Gasteiger partial charge >= 0.3 is 0 Å². The number of nitrogens with zero attached hydrogens (tertiary/aromatic N) is 2. The van der Waals surface area contributed by atoms with Gasteiger partial charge in [0.2, 0.25) is 0 Å². The van der Waals surface area contributed by atoms with Gasteiger partial charge in [-0.2, -0.15) is 0 Å². The Balaban J connectivity index is 1.36. The molecular weight excluding hydrogens is 556 g/mol. The molecule has 0 fully saturated rings. The molecule has 0 unspecified atom stereocenters. The molecule has 0 N–H and O–H groups in total. The number of fused-ring (bicyclic) bond motifs is 8. The Labute approximate surface area is 266 Å². The Hall–Kier alpha value is -6.12. The van der Waals surface area contributed by atoms with Crippen LogP contribution in [0.5, 0.6) is 0 Å². The molecule has 0 saturated heterocycles. The summed E-state index contributed by atoms with van der Waals surface area (Å²) in [5.74, 6) is 0. The van der Waals surface area contributed by atoms with E-state index in [1.165, 1.54) is 82.0 Å². The first-order valence-electron chi connectivity index (χ1n) is 15.9. The van der Waals surface area contributed by atoms with Crippen molar-refractivity contribution in [2.75, 3.05) is 0 Å². The van der Waals surface area contributed by atoms with E-state index in [2.05, 4.69) is 179 Å². The van der Waals surface area contributed by atoms with E-state index in [9.17, 15) is 0 Å². The van der Waals surface area contributed by atoms with Gasteiger partial charge in [0, 0.05) is 32.6 Å². The van der Waals surface area contributed by atoms with Gasteiger partial charge in [0.05, 0.1) is 27.8 Å². The number of para-hydroxylation sites is 2. The third kappa shape index (κ3) is 3.59. The lowest BCUT2D eigenvalue weighted by atomic mass is 9.97. The van der Waals surface area contributed by atoms with Gasteiger partial charge in [-0.3, -0.25) is 0 Å². The van der Waals surface area contributed by atoms with Crippen molar-refractivity contribution in [3.05, 3.63) is 170 Å². The van der Waals surface area contributed by atoms with Gasteiger partial charge < -0.3 is 9.13 Å². The Bertz CT molecular complexity index is 2780. The Morgan fingerprint density at radius 3 is 1.67 bits per heavy atom. The average molecular weight is 585 g/mol. The molecule has 2 nitrogen and oxygen atoms in total. The highest BCUT2D eigenvalue weighted by molar-refractivity contribution is 6.21. The fourth-order valence-electron chi connectivity index (χ4n) is 7.63. The van der Waals surface area contributed by atoms with E-state index in [4.69, 9.17) is 0 Å². The first-order chi connectivity index (χ1) is 22.8. The molecule has 214 valence electrons. The van der Waals surface area contributed by atoms with Crippen LogP contribution in [-0.2, 0) is 0 Å². The molecule has 46 heavy (non-hydrogen) atoms. The van der Waals surface area contributed by atoms with E-state index in [1.54, 1.807) is 0 Å². The van der Waals surface area contributed by atoms with Gasteiger partial charge in [0.25, 0.3) is 0 Å². The molecule has 10 rings (SSSR count). The summed E-state index contributed by atoms with van der Waals surface area (Å²) in [5, 5.41) is 10.1. The molecule has 0 aliphatic heterocycles. The highest BCUT2D eigenvalue weighted by atomic mass is 15.0. The quantitative estimate of drug-likeness (QED) is 0.195. The molecule has 0 atom stereocenters. The number of benzene rings is 8. The van der Waals surface area contributed by atoms with Crippen molar-refractivity contribution < 1.29 is 0 Å². The molecular formula is C44H28N2. The highest BCUT2D eigenvalue weighted by Crippen LogP contribution is 2.42. The summed E-state index contributed by atoms with van der Waals surface area (Å²) >= 11 is 0. The molecule has 0 bridgehead atoms. The number of hydrogen-bond acceptors (Lipinski definition) is 0. The first-order valence-corrected chi connectivity index (χ1v) is 15.9. The standard InChI is InChI=1S/C44H28N2/c1-3-13-29(14-4-1)33-23-24-41(35-20-10-9-19-34(33)35)46-40-22-12-11-21-36(40)38-27-39-37-25-30-15-7-8-16-31(30)26-42(37)45(43(39)28-44(38)46)32-17-5-2-6-18-32/h1-28H. The zero-order chi connectivity index (χ0) is 30.2. The molecule has 0 amide bonds. The largest absolute Gasteiger partial charge is 0.309 e. The molecule has 2 aromatic heterocycles. The molecule has 10 aromatic rings. The smallest absolute Gasteiger partial charge is 0.0562 e. The minimum Gasteiger partial charge on any atom is -0.309 e. The maximum atomic E-state index is 2.48. The second-order valence-electron chi connectivity index (χ2n) is 12.2. The van der Waals surface area contributed by atoms with Crippen LogP contribution >= 0.6 is 0 Å². The van der Waals surface area contributed by atoms with Crippen molar-refractivity contribution in [3.8, 4) is 22.5 Å². The summed E-state index contributed by atoms with van der Waals surface area (Å²) in [6, 6.07) is 62.0. The van der Waals surface area contributed by atoms with Gasteiger partial charge in [0.1, 0.15) is 0 Å². The van der Waals surface area contributed by atoms with Crippen LogP contribution < -0.4 is 0 Å². The fourth-order valence-corrected chi connectivity index (χ4v) is 7.63. The van der Waals surface area contributed by atoms with Crippen LogP contribution in [0.2, 0.25) is 0 Å². The normalized spacial score (nSPS) is 11.9. The first kappa shape index (κ1) is 25.2. The summed E-state index contributed by atoms with van der Waals surface area (Å²) in [7, 11) is 0. The fraction of sp³-hybridized carbons (Fsp3) is 0. The Morgan fingerprint density at radius 1 is 0.304 bits per heavy atom. The SMILES string of the molecule is c1ccc(-c2ccc(-n3c4ccccc4c4cc5c6cc7ccccc7cc6n(-c6ccccc6)c5cc43)c3ccccc23)cc1. The van der Waals surface area contributed by atoms with E-state index in [0.29, 0.717) is 0 Å². The lowest BCUT2D eigenvalue weighted by Crippen LogP contribution is -1.97. The summed E-state index contributed by atoms with van der Waals surface area (Å²) in [5.41, 5.74) is 9.68. The summed E-state index contributed by atoms with van der Waals surface area (Å²) in [6.45, 7) is 0. The molecule has 2 heterocycles. The maximum absolute atomic E-state index is 2.48.